The number of pyridine rings is 2. The molecule has 0 fully saturated rings. The summed E-state index contributed by atoms with van der Waals surface area (Å²) >= 11 is 1.86. The van der Waals surface area contributed by atoms with Gasteiger partial charge in [0, 0.05) is 42.1 Å². The summed E-state index contributed by atoms with van der Waals surface area (Å²) in [6.45, 7) is 0. The van der Waals surface area contributed by atoms with Crippen molar-refractivity contribution in [2.75, 3.05) is 0 Å². The molecule has 3 heteroatoms. The number of hydrogen-bond acceptors (Lipinski definition) is 3. The summed E-state index contributed by atoms with van der Waals surface area (Å²) in [6, 6.07) is 51.9. The van der Waals surface area contributed by atoms with Crippen LogP contribution in [0.15, 0.2) is 146 Å². The largest absolute Gasteiger partial charge is 0.245 e. The van der Waals surface area contributed by atoms with Crippen molar-refractivity contribution < 1.29 is 0 Å². The molecule has 2 nitrogen and oxygen atoms in total. The maximum absolute atomic E-state index is 5.27. The van der Waals surface area contributed by atoms with Crippen molar-refractivity contribution in [1.29, 1.82) is 0 Å². The standard InChI is InChI=1S/C40H24N2S/c1-2-8-25(9-3-1)35-21-16-26-14-15-27-17-22-36(42-40(27)39(26)41-35)32-20-19-29(30-10-4-5-11-31(30)32)28-18-23-38-34(24-28)33-12-6-7-13-37(33)43-38/h1-24H. The van der Waals surface area contributed by atoms with Gasteiger partial charge in [0.2, 0.25) is 0 Å². The van der Waals surface area contributed by atoms with Crippen molar-refractivity contribution in [2.24, 2.45) is 0 Å². The molecule has 9 rings (SSSR count). The van der Waals surface area contributed by atoms with E-state index in [1.165, 1.54) is 42.1 Å². The second-order valence-corrected chi connectivity index (χ2v) is 12.1. The lowest BCUT2D eigenvalue weighted by molar-refractivity contribution is 1.37. The van der Waals surface area contributed by atoms with E-state index in [0.29, 0.717) is 0 Å². The Morgan fingerprint density at radius 2 is 0.953 bits per heavy atom. The summed E-state index contributed by atoms with van der Waals surface area (Å²) < 4.78 is 2.65. The second-order valence-electron chi connectivity index (χ2n) is 11.0. The Labute approximate surface area is 252 Å². The van der Waals surface area contributed by atoms with E-state index in [1.807, 2.05) is 17.4 Å². The zero-order valence-corrected chi connectivity index (χ0v) is 24.0. The molecule has 0 aliphatic rings. The van der Waals surface area contributed by atoms with E-state index < -0.39 is 0 Å². The van der Waals surface area contributed by atoms with Gasteiger partial charge in [-0.2, -0.15) is 0 Å². The monoisotopic (exact) mass is 564 g/mol. The Morgan fingerprint density at radius 3 is 1.74 bits per heavy atom. The van der Waals surface area contributed by atoms with Crippen LogP contribution in [0.3, 0.4) is 0 Å². The Morgan fingerprint density at radius 1 is 0.372 bits per heavy atom. The van der Waals surface area contributed by atoms with Crippen LogP contribution in [-0.2, 0) is 0 Å². The van der Waals surface area contributed by atoms with Gasteiger partial charge in [-0.25, -0.2) is 9.97 Å². The van der Waals surface area contributed by atoms with E-state index in [0.717, 1.165) is 44.3 Å². The maximum Gasteiger partial charge on any atom is 0.0972 e. The summed E-state index contributed by atoms with van der Waals surface area (Å²) in [7, 11) is 0. The number of aromatic nitrogens is 2. The van der Waals surface area contributed by atoms with Crippen molar-refractivity contribution in [3.05, 3.63) is 146 Å². The molecular weight excluding hydrogens is 541 g/mol. The van der Waals surface area contributed by atoms with Crippen LogP contribution in [0.25, 0.3) is 86.4 Å². The first-order valence-corrected chi connectivity index (χ1v) is 15.3. The molecule has 0 spiro atoms. The third-order valence-electron chi connectivity index (χ3n) is 8.48. The van der Waals surface area contributed by atoms with E-state index in [4.69, 9.17) is 9.97 Å². The fourth-order valence-electron chi connectivity index (χ4n) is 6.36. The minimum Gasteiger partial charge on any atom is -0.245 e. The van der Waals surface area contributed by atoms with Crippen LogP contribution in [0.2, 0.25) is 0 Å². The molecule has 0 saturated heterocycles. The summed E-state index contributed by atoms with van der Waals surface area (Å²) in [5, 5.41) is 7.24. The van der Waals surface area contributed by atoms with E-state index in [1.54, 1.807) is 0 Å². The van der Waals surface area contributed by atoms with Crippen molar-refractivity contribution in [3.63, 3.8) is 0 Å². The number of benzene rings is 6. The van der Waals surface area contributed by atoms with Gasteiger partial charge in [-0.15, -0.1) is 11.3 Å². The Balaban J connectivity index is 1.22. The van der Waals surface area contributed by atoms with Crippen LogP contribution in [-0.4, -0.2) is 9.97 Å². The average Bonchev–Trinajstić information content (AvgIpc) is 3.46. The van der Waals surface area contributed by atoms with Gasteiger partial charge in [-0.3, -0.25) is 0 Å². The minimum atomic E-state index is 0.927. The molecule has 0 saturated carbocycles. The van der Waals surface area contributed by atoms with Gasteiger partial charge in [0.15, 0.2) is 0 Å². The summed E-state index contributed by atoms with van der Waals surface area (Å²) in [5.41, 5.74) is 8.46. The molecule has 9 aromatic rings. The van der Waals surface area contributed by atoms with Crippen LogP contribution in [0.5, 0.6) is 0 Å². The van der Waals surface area contributed by atoms with Gasteiger partial charge in [0.05, 0.1) is 22.4 Å². The highest BCUT2D eigenvalue weighted by molar-refractivity contribution is 7.25. The highest BCUT2D eigenvalue weighted by atomic mass is 32.1. The summed E-state index contributed by atoms with van der Waals surface area (Å²) in [4.78, 5) is 10.4. The highest BCUT2D eigenvalue weighted by Crippen LogP contribution is 2.40. The van der Waals surface area contributed by atoms with E-state index in [2.05, 4.69) is 140 Å². The lowest BCUT2D eigenvalue weighted by atomic mass is 9.93. The molecule has 0 aliphatic carbocycles. The van der Waals surface area contributed by atoms with E-state index >= 15 is 0 Å². The summed E-state index contributed by atoms with van der Waals surface area (Å²) in [5.74, 6) is 0. The Bertz CT molecular complexity index is 2510. The Kier molecular flexibility index (Phi) is 5.40. The van der Waals surface area contributed by atoms with Gasteiger partial charge in [-0.05, 0) is 52.2 Å². The van der Waals surface area contributed by atoms with Crippen LogP contribution in [0, 0.1) is 0 Å². The van der Waals surface area contributed by atoms with E-state index in [-0.39, 0.29) is 0 Å². The van der Waals surface area contributed by atoms with Crippen molar-refractivity contribution in [3.8, 4) is 33.6 Å². The first-order chi connectivity index (χ1) is 21.3. The molecule has 0 bridgehead atoms. The molecule has 0 unspecified atom stereocenters. The normalized spacial score (nSPS) is 11.7. The topological polar surface area (TPSA) is 25.8 Å². The van der Waals surface area contributed by atoms with Crippen LogP contribution < -0.4 is 0 Å². The molecule has 0 atom stereocenters. The predicted octanol–water partition coefficient (Wildman–Crippen LogP) is 11.3. The van der Waals surface area contributed by atoms with E-state index in [9.17, 15) is 0 Å². The predicted molar refractivity (Wildman–Crippen MR) is 184 cm³/mol. The van der Waals surface area contributed by atoms with Crippen molar-refractivity contribution in [2.45, 2.75) is 0 Å². The molecule has 6 aromatic carbocycles. The molecule has 3 heterocycles. The smallest absolute Gasteiger partial charge is 0.0972 e. The van der Waals surface area contributed by atoms with Gasteiger partial charge < -0.3 is 0 Å². The number of rotatable bonds is 3. The third-order valence-corrected chi connectivity index (χ3v) is 9.63. The zero-order valence-electron chi connectivity index (χ0n) is 23.2. The SMILES string of the molecule is c1ccc(-c2ccc3ccc4ccc(-c5ccc(-c6ccc7sc8ccccc8c7c6)c6ccccc56)nc4c3n2)cc1. The van der Waals surface area contributed by atoms with Crippen molar-refractivity contribution >= 4 is 64.1 Å². The van der Waals surface area contributed by atoms with Gasteiger partial charge in [-0.1, -0.05) is 115 Å². The molecular formula is C40H24N2S. The first-order valence-electron chi connectivity index (χ1n) is 14.5. The lowest BCUT2D eigenvalue weighted by Gasteiger charge is -2.13. The lowest BCUT2D eigenvalue weighted by Crippen LogP contribution is -1.92. The highest BCUT2D eigenvalue weighted by Gasteiger charge is 2.14. The zero-order chi connectivity index (χ0) is 28.3. The van der Waals surface area contributed by atoms with Crippen LogP contribution in [0.1, 0.15) is 0 Å². The summed E-state index contributed by atoms with van der Waals surface area (Å²) in [6.07, 6.45) is 0. The molecule has 0 radical (unpaired) electrons. The number of thiophene rings is 1. The molecule has 3 aromatic heterocycles. The molecule has 0 N–H and O–H groups in total. The van der Waals surface area contributed by atoms with Gasteiger partial charge in [0.1, 0.15) is 0 Å². The minimum absolute atomic E-state index is 0.927. The third kappa shape index (κ3) is 3.93. The fourth-order valence-corrected chi connectivity index (χ4v) is 7.44. The molecule has 43 heavy (non-hydrogen) atoms. The fraction of sp³-hybridized carbons (Fsp3) is 0. The van der Waals surface area contributed by atoms with Crippen molar-refractivity contribution in [1.82, 2.24) is 9.97 Å². The van der Waals surface area contributed by atoms with Crippen LogP contribution >= 0.6 is 11.3 Å². The van der Waals surface area contributed by atoms with Gasteiger partial charge >= 0.3 is 0 Å². The maximum atomic E-state index is 5.27. The number of fused-ring (bicyclic) bond motifs is 7. The number of hydrogen-bond donors (Lipinski definition) is 0. The Hall–Kier alpha value is -5.38. The van der Waals surface area contributed by atoms with Gasteiger partial charge in [0.25, 0.3) is 0 Å². The molecule has 200 valence electrons. The molecule has 0 aliphatic heterocycles. The number of nitrogens with zero attached hydrogens (tertiary/aromatic N) is 2. The molecule has 0 amide bonds. The average molecular weight is 565 g/mol. The second kappa shape index (κ2) is 9.59. The first kappa shape index (κ1) is 24.2. The van der Waals surface area contributed by atoms with Crippen LogP contribution in [0.4, 0.5) is 0 Å². The quantitative estimate of drug-likeness (QED) is 0.199.